The molecule has 4 heteroatoms. The predicted octanol–water partition coefficient (Wildman–Crippen LogP) is 3.38. The van der Waals surface area contributed by atoms with Crippen LogP contribution in [0.3, 0.4) is 0 Å². The normalized spacial score (nSPS) is 29.9. The Morgan fingerprint density at radius 1 is 1.47 bits per heavy atom. The van der Waals surface area contributed by atoms with Gasteiger partial charge in [0.1, 0.15) is 17.7 Å². The van der Waals surface area contributed by atoms with Gasteiger partial charge in [-0.1, -0.05) is 6.92 Å². The molecule has 2 nitrogen and oxygen atoms in total. The monoisotopic (exact) mass is 281 g/mol. The minimum absolute atomic E-state index is 0.180. The molecule has 3 unspecified atom stereocenters. The van der Waals surface area contributed by atoms with Crippen LogP contribution in [0, 0.1) is 11.7 Å². The van der Waals surface area contributed by atoms with Gasteiger partial charge in [-0.15, -0.1) is 0 Å². The second-order valence-corrected chi connectivity index (χ2v) is 6.46. The van der Waals surface area contributed by atoms with E-state index in [0.29, 0.717) is 5.92 Å². The average Bonchev–Trinajstić information content (AvgIpc) is 2.93. The topological polar surface area (TPSA) is 21.3 Å². The van der Waals surface area contributed by atoms with Crippen LogP contribution in [0.2, 0.25) is 0 Å². The highest BCUT2D eigenvalue weighted by Crippen LogP contribution is 2.40. The van der Waals surface area contributed by atoms with Crippen molar-refractivity contribution in [2.45, 2.75) is 31.9 Å². The maximum Gasteiger partial charge on any atom is 0.124 e. The molecule has 0 amide bonds. The van der Waals surface area contributed by atoms with Crippen molar-refractivity contribution in [2.24, 2.45) is 5.92 Å². The summed E-state index contributed by atoms with van der Waals surface area (Å²) in [4.78, 5) is 0. The predicted molar refractivity (Wildman–Crippen MR) is 77.3 cm³/mol. The fraction of sp³-hybridized carbons (Fsp3) is 0.600. The van der Waals surface area contributed by atoms with Crippen LogP contribution in [-0.4, -0.2) is 24.2 Å². The molecule has 0 spiro atoms. The Balaban J connectivity index is 1.85. The summed E-state index contributed by atoms with van der Waals surface area (Å²) in [7, 11) is 0. The number of thioether (sulfide) groups is 1. The Kier molecular flexibility index (Phi) is 3.99. The minimum atomic E-state index is -0.180. The van der Waals surface area contributed by atoms with Gasteiger partial charge in [-0.25, -0.2) is 4.39 Å². The maximum absolute atomic E-state index is 13.4. The summed E-state index contributed by atoms with van der Waals surface area (Å²) in [6.45, 7) is 2.99. The standard InChI is InChI=1S/C15H20FNOS/c1-2-17-13-8-15(10-5-6-19-9-10)18-14-4-3-11(16)7-12(13)14/h3-4,7,10,13,15,17H,2,5-6,8-9H2,1H3. The molecule has 1 fully saturated rings. The highest BCUT2D eigenvalue weighted by Gasteiger charge is 2.34. The molecular weight excluding hydrogens is 261 g/mol. The van der Waals surface area contributed by atoms with E-state index < -0.39 is 0 Å². The highest BCUT2D eigenvalue weighted by molar-refractivity contribution is 7.99. The van der Waals surface area contributed by atoms with Gasteiger partial charge < -0.3 is 10.1 Å². The van der Waals surface area contributed by atoms with Crippen molar-refractivity contribution in [2.75, 3.05) is 18.1 Å². The Labute approximate surface area is 118 Å². The number of ether oxygens (including phenoxy) is 1. The van der Waals surface area contributed by atoms with Crippen molar-refractivity contribution >= 4 is 11.8 Å². The molecule has 0 saturated carbocycles. The van der Waals surface area contributed by atoms with Crippen LogP contribution in [0.1, 0.15) is 31.4 Å². The van der Waals surface area contributed by atoms with Gasteiger partial charge in [0.2, 0.25) is 0 Å². The van der Waals surface area contributed by atoms with Crippen molar-refractivity contribution in [1.82, 2.24) is 5.32 Å². The maximum atomic E-state index is 13.4. The molecule has 0 radical (unpaired) electrons. The highest BCUT2D eigenvalue weighted by atomic mass is 32.2. The van der Waals surface area contributed by atoms with E-state index in [-0.39, 0.29) is 18.0 Å². The van der Waals surface area contributed by atoms with Crippen LogP contribution >= 0.6 is 11.8 Å². The van der Waals surface area contributed by atoms with Crippen molar-refractivity contribution in [3.63, 3.8) is 0 Å². The summed E-state index contributed by atoms with van der Waals surface area (Å²) < 4.78 is 19.5. The first kappa shape index (κ1) is 13.3. The SMILES string of the molecule is CCNC1CC(C2CCSC2)Oc2ccc(F)cc21. The van der Waals surface area contributed by atoms with Gasteiger partial charge in [-0.05, 0) is 42.7 Å². The lowest BCUT2D eigenvalue weighted by Crippen LogP contribution is -2.37. The minimum Gasteiger partial charge on any atom is -0.490 e. The molecule has 3 rings (SSSR count). The van der Waals surface area contributed by atoms with Crippen LogP contribution in [0.25, 0.3) is 0 Å². The average molecular weight is 281 g/mol. The van der Waals surface area contributed by atoms with Gasteiger partial charge in [0.05, 0.1) is 0 Å². The zero-order valence-corrected chi connectivity index (χ0v) is 12.0. The number of benzene rings is 1. The van der Waals surface area contributed by atoms with Crippen molar-refractivity contribution in [3.05, 3.63) is 29.6 Å². The molecule has 19 heavy (non-hydrogen) atoms. The number of fused-ring (bicyclic) bond motifs is 1. The molecule has 2 aliphatic heterocycles. The quantitative estimate of drug-likeness (QED) is 0.917. The van der Waals surface area contributed by atoms with E-state index in [9.17, 15) is 4.39 Å². The Bertz CT molecular complexity index is 448. The van der Waals surface area contributed by atoms with E-state index in [1.165, 1.54) is 24.0 Å². The molecule has 1 N–H and O–H groups in total. The largest absolute Gasteiger partial charge is 0.490 e. The molecule has 0 aliphatic carbocycles. The van der Waals surface area contributed by atoms with Crippen LogP contribution in [0.15, 0.2) is 18.2 Å². The molecular formula is C15H20FNOS. The van der Waals surface area contributed by atoms with Crippen molar-refractivity contribution < 1.29 is 9.13 Å². The number of rotatable bonds is 3. The smallest absolute Gasteiger partial charge is 0.124 e. The first-order valence-electron chi connectivity index (χ1n) is 7.05. The van der Waals surface area contributed by atoms with E-state index in [1.807, 2.05) is 11.8 Å². The van der Waals surface area contributed by atoms with E-state index in [1.54, 1.807) is 12.1 Å². The number of halogens is 1. The summed E-state index contributed by atoms with van der Waals surface area (Å²) >= 11 is 2.01. The second kappa shape index (κ2) is 5.71. The molecule has 3 atom stereocenters. The first-order chi connectivity index (χ1) is 9.28. The zero-order chi connectivity index (χ0) is 13.2. The van der Waals surface area contributed by atoms with Gasteiger partial charge in [0.25, 0.3) is 0 Å². The third-order valence-electron chi connectivity index (χ3n) is 4.03. The van der Waals surface area contributed by atoms with Crippen LogP contribution in [0.5, 0.6) is 5.75 Å². The van der Waals surface area contributed by atoms with Gasteiger partial charge in [-0.2, -0.15) is 11.8 Å². The number of hydrogen-bond acceptors (Lipinski definition) is 3. The third kappa shape index (κ3) is 2.75. The van der Waals surface area contributed by atoms with Crippen LogP contribution in [0.4, 0.5) is 4.39 Å². The molecule has 0 bridgehead atoms. The summed E-state index contributed by atoms with van der Waals surface area (Å²) in [6, 6.07) is 5.11. The molecule has 0 aromatic heterocycles. The Morgan fingerprint density at radius 3 is 3.11 bits per heavy atom. The van der Waals surface area contributed by atoms with Gasteiger partial charge >= 0.3 is 0 Å². The van der Waals surface area contributed by atoms with E-state index in [0.717, 1.165) is 24.3 Å². The van der Waals surface area contributed by atoms with Crippen molar-refractivity contribution in [3.8, 4) is 5.75 Å². The molecule has 1 saturated heterocycles. The Morgan fingerprint density at radius 2 is 2.37 bits per heavy atom. The fourth-order valence-corrected chi connectivity index (χ4v) is 4.36. The summed E-state index contributed by atoms with van der Waals surface area (Å²) in [5.41, 5.74) is 0.976. The summed E-state index contributed by atoms with van der Waals surface area (Å²) in [5, 5.41) is 3.47. The lowest BCUT2D eigenvalue weighted by Gasteiger charge is -2.35. The van der Waals surface area contributed by atoms with Crippen molar-refractivity contribution in [1.29, 1.82) is 0 Å². The fourth-order valence-electron chi connectivity index (χ4n) is 3.04. The molecule has 1 aromatic carbocycles. The summed E-state index contributed by atoms with van der Waals surface area (Å²) in [6.07, 6.45) is 2.47. The molecule has 1 aromatic rings. The van der Waals surface area contributed by atoms with Crippen LogP contribution < -0.4 is 10.1 Å². The molecule has 104 valence electrons. The third-order valence-corrected chi connectivity index (χ3v) is 5.22. The summed E-state index contributed by atoms with van der Waals surface area (Å²) in [5.74, 6) is 3.76. The van der Waals surface area contributed by atoms with Gasteiger partial charge in [0.15, 0.2) is 0 Å². The molecule has 2 aliphatic rings. The van der Waals surface area contributed by atoms with Crippen LogP contribution in [-0.2, 0) is 0 Å². The van der Waals surface area contributed by atoms with E-state index in [2.05, 4.69) is 12.2 Å². The lowest BCUT2D eigenvalue weighted by atomic mass is 9.89. The van der Waals surface area contributed by atoms with E-state index in [4.69, 9.17) is 4.74 Å². The van der Waals surface area contributed by atoms with Gasteiger partial charge in [0, 0.05) is 23.9 Å². The molecule has 2 heterocycles. The Hall–Kier alpha value is -0.740. The van der Waals surface area contributed by atoms with E-state index >= 15 is 0 Å². The number of nitrogens with one attached hydrogen (secondary N) is 1. The lowest BCUT2D eigenvalue weighted by molar-refractivity contribution is 0.103. The zero-order valence-electron chi connectivity index (χ0n) is 11.2. The number of hydrogen-bond donors (Lipinski definition) is 1. The second-order valence-electron chi connectivity index (χ2n) is 5.31. The first-order valence-corrected chi connectivity index (χ1v) is 8.20. The van der Waals surface area contributed by atoms with Gasteiger partial charge in [-0.3, -0.25) is 0 Å².